The summed E-state index contributed by atoms with van der Waals surface area (Å²) < 4.78 is 6.71. The number of nitrogens with one attached hydrogen (secondary N) is 2. The summed E-state index contributed by atoms with van der Waals surface area (Å²) in [6.45, 7) is 12.6. The molecule has 1 aromatic carbocycles. The fourth-order valence-corrected chi connectivity index (χ4v) is 5.97. The lowest BCUT2D eigenvalue weighted by Gasteiger charge is -2.38. The Bertz CT molecular complexity index is 1460. The second-order valence-corrected chi connectivity index (χ2v) is 13.7. The highest BCUT2D eigenvalue weighted by Crippen LogP contribution is 2.51. The number of carbonyl (C=O) groups excluding carboxylic acids is 3. The Hall–Kier alpha value is -3.97. The van der Waals surface area contributed by atoms with Gasteiger partial charge in [0.05, 0.1) is 5.69 Å². The molecule has 1 aliphatic carbocycles. The van der Waals surface area contributed by atoms with Crippen LogP contribution in [0.4, 0.5) is 15.4 Å². The van der Waals surface area contributed by atoms with Crippen LogP contribution in [0.3, 0.4) is 0 Å². The van der Waals surface area contributed by atoms with E-state index in [2.05, 4.69) is 20.5 Å². The number of nitrogens with two attached hydrogens (primary N) is 1. The van der Waals surface area contributed by atoms with Crippen molar-refractivity contribution in [2.45, 2.75) is 71.2 Å². The summed E-state index contributed by atoms with van der Waals surface area (Å²) in [5, 5.41) is 5.32. The molecule has 4 N–H and O–H groups in total. The van der Waals surface area contributed by atoms with E-state index in [4.69, 9.17) is 10.5 Å². The molecule has 3 fully saturated rings. The summed E-state index contributed by atoms with van der Waals surface area (Å²) in [5.41, 5.74) is 5.96. The van der Waals surface area contributed by atoms with Gasteiger partial charge in [0.1, 0.15) is 17.0 Å². The molecular weight excluding hydrogens is 564 g/mol. The van der Waals surface area contributed by atoms with E-state index in [-0.39, 0.29) is 24.8 Å². The number of benzene rings is 1. The molecule has 3 heterocycles. The van der Waals surface area contributed by atoms with Crippen LogP contribution in [0.25, 0.3) is 5.69 Å². The molecule has 0 bridgehead atoms. The Morgan fingerprint density at radius 1 is 1.00 bits per heavy atom. The topological polar surface area (TPSA) is 155 Å². The van der Waals surface area contributed by atoms with Crippen LogP contribution in [0.1, 0.15) is 53.0 Å². The van der Waals surface area contributed by atoms with Crippen molar-refractivity contribution in [3.05, 3.63) is 52.6 Å². The van der Waals surface area contributed by atoms with Crippen molar-refractivity contribution in [2.75, 3.05) is 44.6 Å². The maximum atomic E-state index is 13.1. The zero-order chi connectivity index (χ0) is 31.9. The van der Waals surface area contributed by atoms with Gasteiger partial charge in [-0.2, -0.15) is 4.98 Å². The van der Waals surface area contributed by atoms with Gasteiger partial charge in [0.25, 0.3) is 0 Å². The van der Waals surface area contributed by atoms with Crippen LogP contribution in [0.2, 0.25) is 0 Å². The molecule has 2 saturated heterocycles. The lowest BCUT2D eigenvalue weighted by molar-refractivity contribution is -0.138. The van der Waals surface area contributed by atoms with Crippen molar-refractivity contribution >= 4 is 23.8 Å². The molecule has 1 aromatic heterocycles. The number of urea groups is 1. The van der Waals surface area contributed by atoms with Gasteiger partial charge < -0.3 is 25.6 Å². The normalized spacial score (nSPS) is 22.2. The predicted molar refractivity (Wildman–Crippen MR) is 165 cm³/mol. The Kier molecular flexibility index (Phi) is 8.47. The predicted octanol–water partition coefficient (Wildman–Crippen LogP) is 2.14. The fraction of sp³-hybridized carbons (Fsp3) is 0.581. The second-order valence-electron chi connectivity index (χ2n) is 13.7. The van der Waals surface area contributed by atoms with Crippen LogP contribution in [0, 0.1) is 5.41 Å². The van der Waals surface area contributed by atoms with Crippen LogP contribution in [-0.2, 0) is 16.1 Å². The number of anilines is 1. The summed E-state index contributed by atoms with van der Waals surface area (Å²) in [6.07, 6.45) is 3.21. The number of alkyl carbamates (subject to hydrolysis) is 1. The molecular formula is C31H44N8O5. The number of ether oxygens (including phenoxy) is 1. The highest BCUT2D eigenvalue weighted by Gasteiger charge is 2.55. The maximum absolute atomic E-state index is 13.1. The van der Waals surface area contributed by atoms with Gasteiger partial charge >= 0.3 is 17.8 Å². The second kappa shape index (κ2) is 11.8. The average molecular weight is 609 g/mol. The van der Waals surface area contributed by atoms with Gasteiger partial charge in [-0.25, -0.2) is 14.4 Å². The standard InChI is InChI=1S/C31H44N8O5/c1-29(2,3)44-28(43)35-30(4,5)25(40)37-14-16-38(17-15-37)26(41)33-24-10-12-39(27(42)34-24)22-8-6-21(7-9-22)19-36-13-11-31(20-36)18-23(31)32/h6-10,12,23H,11,13-20,32H2,1-5H3,(H,35,43)(H,33,34,41,42). The number of amides is 4. The van der Waals surface area contributed by atoms with Gasteiger partial charge in [-0.3, -0.25) is 19.6 Å². The first-order chi connectivity index (χ1) is 20.6. The van der Waals surface area contributed by atoms with E-state index in [0.717, 1.165) is 26.1 Å². The molecule has 2 unspecified atom stereocenters. The lowest BCUT2D eigenvalue weighted by atomic mass is 10.0. The smallest absolute Gasteiger partial charge is 0.408 e. The molecule has 2 aromatic rings. The average Bonchev–Trinajstić information content (AvgIpc) is 3.38. The number of carbonyl (C=O) groups is 3. The van der Waals surface area contributed by atoms with E-state index in [9.17, 15) is 19.2 Å². The first kappa shape index (κ1) is 31.5. The first-order valence-corrected chi connectivity index (χ1v) is 15.2. The third-order valence-corrected chi connectivity index (χ3v) is 8.58. The molecule has 2 atom stereocenters. The van der Waals surface area contributed by atoms with Gasteiger partial charge in [-0.15, -0.1) is 0 Å². The molecule has 2 aliphatic heterocycles. The summed E-state index contributed by atoms with van der Waals surface area (Å²) in [4.78, 5) is 60.7. The number of hydrogen-bond acceptors (Lipinski definition) is 8. The minimum atomic E-state index is -1.18. The minimum absolute atomic E-state index is 0.148. The lowest BCUT2D eigenvalue weighted by Crippen LogP contribution is -2.60. The Balaban J connectivity index is 1.11. The van der Waals surface area contributed by atoms with Crippen LogP contribution >= 0.6 is 0 Å². The number of rotatable bonds is 6. The van der Waals surface area contributed by atoms with E-state index < -0.39 is 29.0 Å². The van der Waals surface area contributed by atoms with Crippen LogP contribution < -0.4 is 22.1 Å². The van der Waals surface area contributed by atoms with Crippen molar-refractivity contribution < 1.29 is 19.1 Å². The van der Waals surface area contributed by atoms with Gasteiger partial charge in [-0.05, 0) is 77.8 Å². The molecule has 13 nitrogen and oxygen atoms in total. The molecule has 0 radical (unpaired) electrons. The van der Waals surface area contributed by atoms with Crippen LogP contribution in [-0.4, -0.2) is 98.7 Å². The number of hydrogen-bond donors (Lipinski definition) is 3. The monoisotopic (exact) mass is 608 g/mol. The van der Waals surface area contributed by atoms with Gasteiger partial charge in [0.15, 0.2) is 0 Å². The number of likely N-dealkylation sites (tertiary alicyclic amines) is 1. The molecule has 44 heavy (non-hydrogen) atoms. The third-order valence-electron chi connectivity index (χ3n) is 8.58. The van der Waals surface area contributed by atoms with E-state index in [1.807, 2.05) is 24.3 Å². The van der Waals surface area contributed by atoms with Gasteiger partial charge in [0.2, 0.25) is 5.91 Å². The summed E-state index contributed by atoms with van der Waals surface area (Å²) in [7, 11) is 0. The minimum Gasteiger partial charge on any atom is -0.444 e. The highest BCUT2D eigenvalue weighted by molar-refractivity contribution is 5.90. The molecule has 1 spiro atoms. The van der Waals surface area contributed by atoms with E-state index in [0.29, 0.717) is 30.2 Å². The molecule has 5 rings (SSSR count). The zero-order valence-corrected chi connectivity index (χ0v) is 26.3. The van der Waals surface area contributed by atoms with Crippen molar-refractivity contribution in [3.8, 4) is 5.69 Å². The van der Waals surface area contributed by atoms with E-state index in [1.165, 1.54) is 16.6 Å². The van der Waals surface area contributed by atoms with Crippen molar-refractivity contribution in [3.63, 3.8) is 0 Å². The fourth-order valence-electron chi connectivity index (χ4n) is 5.97. The van der Waals surface area contributed by atoms with Crippen LogP contribution in [0.5, 0.6) is 0 Å². The number of nitrogens with zero attached hydrogens (tertiary/aromatic N) is 5. The van der Waals surface area contributed by atoms with Crippen molar-refractivity contribution in [1.29, 1.82) is 0 Å². The third kappa shape index (κ3) is 7.21. The van der Waals surface area contributed by atoms with Gasteiger partial charge in [-0.1, -0.05) is 12.1 Å². The molecule has 13 heteroatoms. The molecule has 238 valence electrons. The molecule has 3 aliphatic rings. The maximum Gasteiger partial charge on any atom is 0.408 e. The molecule has 1 saturated carbocycles. The SMILES string of the molecule is CC(C)(C)OC(=O)NC(C)(C)C(=O)N1CCN(C(=O)Nc2ccn(-c3ccc(CN4CCC5(CC5N)C4)cc3)c(=O)n2)CC1. The summed E-state index contributed by atoms with van der Waals surface area (Å²) in [6, 6.07) is 9.36. The zero-order valence-electron chi connectivity index (χ0n) is 26.3. The first-order valence-electron chi connectivity index (χ1n) is 15.2. The quantitative estimate of drug-likeness (QED) is 0.451. The number of piperazine rings is 1. The largest absolute Gasteiger partial charge is 0.444 e. The van der Waals surface area contributed by atoms with Crippen molar-refractivity contribution in [1.82, 2.24) is 29.6 Å². The summed E-state index contributed by atoms with van der Waals surface area (Å²) in [5.74, 6) is -0.121. The highest BCUT2D eigenvalue weighted by atomic mass is 16.6. The van der Waals surface area contributed by atoms with Crippen LogP contribution in [0.15, 0.2) is 41.3 Å². The number of aromatic nitrogens is 2. The van der Waals surface area contributed by atoms with Crippen molar-refractivity contribution in [2.24, 2.45) is 11.1 Å². The van der Waals surface area contributed by atoms with E-state index in [1.54, 1.807) is 56.7 Å². The molecule has 4 amide bonds. The van der Waals surface area contributed by atoms with Gasteiger partial charge in [0, 0.05) is 56.9 Å². The summed E-state index contributed by atoms with van der Waals surface area (Å²) >= 11 is 0. The van der Waals surface area contributed by atoms with E-state index >= 15 is 0 Å². The Morgan fingerprint density at radius 2 is 1.64 bits per heavy atom. The Labute approximate surface area is 257 Å². The Morgan fingerprint density at radius 3 is 2.20 bits per heavy atom.